The molecule has 0 fully saturated rings. The summed E-state index contributed by atoms with van der Waals surface area (Å²) in [5.41, 5.74) is 6.21. The van der Waals surface area contributed by atoms with Gasteiger partial charge in [0.2, 0.25) is 5.82 Å². The van der Waals surface area contributed by atoms with E-state index in [4.69, 9.17) is 10.3 Å². The van der Waals surface area contributed by atoms with E-state index in [1.165, 1.54) is 0 Å². The van der Waals surface area contributed by atoms with Gasteiger partial charge in [-0.2, -0.15) is 4.98 Å². The number of nitrogens with two attached hydrogens (primary N) is 1. The van der Waals surface area contributed by atoms with Crippen molar-refractivity contribution < 1.29 is 4.52 Å². The number of hydrogen-bond donors (Lipinski definition) is 1. The summed E-state index contributed by atoms with van der Waals surface area (Å²) in [5.74, 6) is 1.06. The molecule has 0 unspecified atom stereocenters. The SMILES string of the molecule is NCCc1nc(-c2nc(-c3cccs3)no2)cs1. The Kier molecular flexibility index (Phi) is 3.18. The molecule has 92 valence electrons. The number of thiophene rings is 1. The number of rotatable bonds is 4. The molecule has 18 heavy (non-hydrogen) atoms. The third kappa shape index (κ3) is 2.20. The second-order valence-electron chi connectivity index (χ2n) is 3.57. The Bertz CT molecular complexity index is 629. The van der Waals surface area contributed by atoms with Crippen LogP contribution >= 0.6 is 22.7 Å². The van der Waals surface area contributed by atoms with E-state index < -0.39 is 0 Å². The first-order valence-corrected chi connectivity index (χ1v) is 7.15. The Balaban J connectivity index is 1.88. The Hall–Kier alpha value is -1.57. The number of nitrogens with zero attached hydrogens (tertiary/aromatic N) is 3. The van der Waals surface area contributed by atoms with Gasteiger partial charge in [0.05, 0.1) is 9.88 Å². The second kappa shape index (κ2) is 4.97. The monoisotopic (exact) mass is 278 g/mol. The van der Waals surface area contributed by atoms with Gasteiger partial charge >= 0.3 is 0 Å². The predicted octanol–water partition coefficient (Wildman–Crippen LogP) is 2.42. The molecular formula is C11H10N4OS2. The molecule has 0 saturated carbocycles. The van der Waals surface area contributed by atoms with E-state index >= 15 is 0 Å². The molecule has 3 rings (SSSR count). The first-order valence-electron chi connectivity index (χ1n) is 5.39. The van der Waals surface area contributed by atoms with Crippen LogP contribution in [-0.2, 0) is 6.42 Å². The normalized spacial score (nSPS) is 10.9. The minimum absolute atomic E-state index is 0.456. The van der Waals surface area contributed by atoms with Gasteiger partial charge in [-0.1, -0.05) is 11.2 Å². The Morgan fingerprint density at radius 3 is 3.00 bits per heavy atom. The summed E-state index contributed by atoms with van der Waals surface area (Å²) < 4.78 is 5.22. The van der Waals surface area contributed by atoms with E-state index in [2.05, 4.69) is 15.1 Å². The topological polar surface area (TPSA) is 77.8 Å². The van der Waals surface area contributed by atoms with Crippen LogP contribution in [0.3, 0.4) is 0 Å². The van der Waals surface area contributed by atoms with Gasteiger partial charge in [-0.05, 0) is 18.0 Å². The fraction of sp³-hybridized carbons (Fsp3) is 0.182. The molecule has 0 amide bonds. The summed E-state index contributed by atoms with van der Waals surface area (Å²) in [6.07, 6.45) is 0.774. The van der Waals surface area contributed by atoms with Gasteiger partial charge in [0.25, 0.3) is 5.89 Å². The molecule has 7 heteroatoms. The van der Waals surface area contributed by atoms with Crippen LogP contribution in [0.1, 0.15) is 5.01 Å². The first-order chi connectivity index (χ1) is 8.86. The smallest absolute Gasteiger partial charge is 0.277 e. The summed E-state index contributed by atoms with van der Waals surface area (Å²) >= 11 is 3.14. The van der Waals surface area contributed by atoms with E-state index in [-0.39, 0.29) is 0 Å². The van der Waals surface area contributed by atoms with E-state index in [1.54, 1.807) is 22.7 Å². The molecule has 2 N–H and O–H groups in total. The molecule has 0 spiro atoms. The van der Waals surface area contributed by atoms with E-state index in [0.717, 1.165) is 22.0 Å². The van der Waals surface area contributed by atoms with Crippen LogP contribution in [0.2, 0.25) is 0 Å². The van der Waals surface area contributed by atoms with Crippen LogP contribution in [0.15, 0.2) is 27.4 Å². The lowest BCUT2D eigenvalue weighted by molar-refractivity contribution is 0.431. The fourth-order valence-electron chi connectivity index (χ4n) is 1.48. The van der Waals surface area contributed by atoms with Gasteiger partial charge in [0.1, 0.15) is 5.69 Å². The van der Waals surface area contributed by atoms with Crippen molar-refractivity contribution in [1.82, 2.24) is 15.1 Å². The summed E-state index contributed by atoms with van der Waals surface area (Å²) in [7, 11) is 0. The summed E-state index contributed by atoms with van der Waals surface area (Å²) in [6.45, 7) is 0.594. The number of thiazole rings is 1. The van der Waals surface area contributed by atoms with E-state index in [9.17, 15) is 0 Å². The number of aromatic nitrogens is 3. The lowest BCUT2D eigenvalue weighted by Gasteiger charge is -1.87. The van der Waals surface area contributed by atoms with Crippen LogP contribution in [0.4, 0.5) is 0 Å². The third-order valence-electron chi connectivity index (χ3n) is 2.30. The predicted molar refractivity (Wildman–Crippen MR) is 71.5 cm³/mol. The highest BCUT2D eigenvalue weighted by molar-refractivity contribution is 7.13. The highest BCUT2D eigenvalue weighted by Gasteiger charge is 2.13. The molecule has 0 bridgehead atoms. The van der Waals surface area contributed by atoms with Crippen molar-refractivity contribution in [3.05, 3.63) is 27.9 Å². The third-order valence-corrected chi connectivity index (χ3v) is 4.07. The quantitative estimate of drug-likeness (QED) is 0.793. The van der Waals surface area contributed by atoms with Gasteiger partial charge in [0.15, 0.2) is 0 Å². The molecule has 0 saturated heterocycles. The van der Waals surface area contributed by atoms with E-state index in [0.29, 0.717) is 18.3 Å². The second-order valence-corrected chi connectivity index (χ2v) is 5.46. The summed E-state index contributed by atoms with van der Waals surface area (Å²) in [6, 6.07) is 3.92. The van der Waals surface area contributed by atoms with Crippen molar-refractivity contribution in [2.45, 2.75) is 6.42 Å². The van der Waals surface area contributed by atoms with Crippen LogP contribution in [0.25, 0.3) is 22.3 Å². The zero-order valence-corrected chi connectivity index (χ0v) is 11.0. The summed E-state index contributed by atoms with van der Waals surface area (Å²) in [5, 5.41) is 8.84. The lowest BCUT2D eigenvalue weighted by atomic mass is 10.4. The largest absolute Gasteiger partial charge is 0.332 e. The van der Waals surface area contributed by atoms with E-state index in [1.807, 2.05) is 22.9 Å². The highest BCUT2D eigenvalue weighted by Crippen LogP contribution is 2.26. The maximum absolute atomic E-state index is 5.49. The molecule has 3 aromatic rings. The molecule has 5 nitrogen and oxygen atoms in total. The van der Waals surface area contributed by atoms with Crippen molar-refractivity contribution in [1.29, 1.82) is 0 Å². The van der Waals surface area contributed by atoms with Crippen molar-refractivity contribution in [3.8, 4) is 22.3 Å². The van der Waals surface area contributed by atoms with Crippen LogP contribution < -0.4 is 5.73 Å². The molecule has 0 aliphatic carbocycles. The molecular weight excluding hydrogens is 268 g/mol. The van der Waals surface area contributed by atoms with Gasteiger partial charge in [-0.3, -0.25) is 0 Å². The lowest BCUT2D eigenvalue weighted by Crippen LogP contribution is -2.01. The van der Waals surface area contributed by atoms with Gasteiger partial charge < -0.3 is 10.3 Å². The molecule has 0 aromatic carbocycles. The molecule has 3 aromatic heterocycles. The van der Waals surface area contributed by atoms with Crippen molar-refractivity contribution in [3.63, 3.8) is 0 Å². The maximum Gasteiger partial charge on any atom is 0.277 e. The maximum atomic E-state index is 5.49. The molecule has 0 radical (unpaired) electrons. The highest BCUT2D eigenvalue weighted by atomic mass is 32.1. The zero-order chi connectivity index (χ0) is 12.4. The minimum atomic E-state index is 0.456. The van der Waals surface area contributed by atoms with Crippen LogP contribution in [0, 0.1) is 0 Å². The molecule has 0 atom stereocenters. The Morgan fingerprint density at radius 1 is 1.28 bits per heavy atom. The van der Waals surface area contributed by atoms with Gasteiger partial charge in [0, 0.05) is 11.8 Å². The Labute approximate surface area is 111 Å². The summed E-state index contributed by atoms with van der Waals surface area (Å²) in [4.78, 5) is 9.74. The van der Waals surface area contributed by atoms with Crippen molar-refractivity contribution >= 4 is 22.7 Å². The van der Waals surface area contributed by atoms with Crippen molar-refractivity contribution in [2.75, 3.05) is 6.54 Å². The molecule has 0 aliphatic rings. The minimum Gasteiger partial charge on any atom is -0.332 e. The first kappa shape index (κ1) is 11.5. The molecule has 3 heterocycles. The van der Waals surface area contributed by atoms with Crippen molar-refractivity contribution in [2.24, 2.45) is 5.73 Å². The van der Waals surface area contributed by atoms with Gasteiger partial charge in [-0.15, -0.1) is 22.7 Å². The average Bonchev–Trinajstić information content (AvgIpc) is 3.10. The van der Waals surface area contributed by atoms with Gasteiger partial charge in [-0.25, -0.2) is 4.98 Å². The van der Waals surface area contributed by atoms with Crippen LogP contribution in [0.5, 0.6) is 0 Å². The Morgan fingerprint density at radius 2 is 2.22 bits per heavy atom. The number of hydrogen-bond acceptors (Lipinski definition) is 7. The zero-order valence-electron chi connectivity index (χ0n) is 9.37. The fourth-order valence-corrected chi connectivity index (χ4v) is 2.92. The molecule has 0 aliphatic heterocycles. The average molecular weight is 278 g/mol. The standard InChI is InChI=1S/C11H10N4OS2/c12-4-3-9-13-7(6-18-9)11-14-10(15-16-11)8-2-1-5-17-8/h1-2,5-6H,3-4,12H2. The van der Waals surface area contributed by atoms with Crippen LogP contribution in [-0.4, -0.2) is 21.7 Å².